The molecule has 138 valence electrons. The van der Waals surface area contributed by atoms with E-state index in [0.29, 0.717) is 34.5 Å². The van der Waals surface area contributed by atoms with E-state index >= 15 is 0 Å². The first-order valence-corrected chi connectivity index (χ1v) is 8.49. The van der Waals surface area contributed by atoms with E-state index in [4.69, 9.17) is 16.1 Å². The van der Waals surface area contributed by atoms with E-state index in [2.05, 4.69) is 25.8 Å². The number of carbonyl (C=O) groups is 2. The number of carbonyl (C=O) groups excluding carboxylic acids is 2. The fourth-order valence-corrected chi connectivity index (χ4v) is 2.53. The summed E-state index contributed by atoms with van der Waals surface area (Å²) >= 11 is 6.09. The summed E-state index contributed by atoms with van der Waals surface area (Å²) in [5.74, 6) is 0.380. The van der Waals surface area contributed by atoms with Crippen LogP contribution in [-0.2, 0) is 16.0 Å². The van der Waals surface area contributed by atoms with Crippen LogP contribution in [0.25, 0.3) is 11.4 Å². The highest BCUT2D eigenvalue weighted by atomic mass is 35.5. The fraction of sp³-hybridized carbons (Fsp3) is 0.167. The number of nitrogens with zero attached hydrogens (tertiary/aromatic N) is 3. The fourth-order valence-electron chi connectivity index (χ4n) is 2.30. The molecule has 2 N–H and O–H groups in total. The first kappa shape index (κ1) is 18.5. The topological polar surface area (TPSA) is 110 Å². The number of anilines is 2. The van der Waals surface area contributed by atoms with E-state index in [1.807, 2.05) is 0 Å². The van der Waals surface area contributed by atoms with Crippen molar-refractivity contribution in [3.05, 3.63) is 53.6 Å². The third kappa shape index (κ3) is 5.11. The van der Waals surface area contributed by atoms with Crippen molar-refractivity contribution < 1.29 is 14.1 Å². The van der Waals surface area contributed by atoms with Gasteiger partial charge in [-0.1, -0.05) is 16.8 Å². The van der Waals surface area contributed by atoms with E-state index in [9.17, 15) is 9.59 Å². The summed E-state index contributed by atoms with van der Waals surface area (Å²) in [5.41, 5.74) is 1.80. The summed E-state index contributed by atoms with van der Waals surface area (Å²) in [6, 6.07) is 8.39. The minimum absolute atomic E-state index is 0.170. The minimum Gasteiger partial charge on any atom is -0.339 e. The molecule has 0 radical (unpaired) electrons. The third-order valence-corrected chi connectivity index (χ3v) is 3.85. The second-order valence-corrected chi connectivity index (χ2v) is 6.08. The number of aryl methyl sites for hydroxylation is 1. The zero-order valence-corrected chi connectivity index (χ0v) is 15.2. The Hall–Kier alpha value is -3.26. The molecular formula is C18H16ClN5O3. The van der Waals surface area contributed by atoms with E-state index in [1.165, 1.54) is 6.92 Å². The highest BCUT2D eigenvalue weighted by Gasteiger charge is 2.11. The molecule has 0 unspecified atom stereocenters. The van der Waals surface area contributed by atoms with Crippen molar-refractivity contribution in [3.63, 3.8) is 0 Å². The Kier molecular flexibility index (Phi) is 5.77. The maximum atomic E-state index is 12.1. The summed E-state index contributed by atoms with van der Waals surface area (Å²) in [6.07, 6.45) is 3.76. The highest BCUT2D eigenvalue weighted by molar-refractivity contribution is 6.34. The van der Waals surface area contributed by atoms with Crippen molar-refractivity contribution in [3.8, 4) is 11.4 Å². The number of amides is 2. The van der Waals surface area contributed by atoms with Crippen LogP contribution in [0.15, 0.2) is 47.2 Å². The second kappa shape index (κ2) is 8.41. The van der Waals surface area contributed by atoms with Crippen LogP contribution in [0.5, 0.6) is 0 Å². The lowest BCUT2D eigenvalue weighted by molar-refractivity contribution is -0.116. The van der Waals surface area contributed by atoms with Gasteiger partial charge in [-0.2, -0.15) is 4.98 Å². The number of pyridine rings is 1. The maximum absolute atomic E-state index is 12.1. The summed E-state index contributed by atoms with van der Waals surface area (Å²) in [7, 11) is 0. The van der Waals surface area contributed by atoms with Crippen molar-refractivity contribution in [2.45, 2.75) is 19.8 Å². The zero-order chi connectivity index (χ0) is 19.2. The predicted molar refractivity (Wildman–Crippen MR) is 100 cm³/mol. The van der Waals surface area contributed by atoms with Gasteiger partial charge in [-0.3, -0.25) is 14.6 Å². The predicted octanol–water partition coefficient (Wildman–Crippen LogP) is 3.31. The third-order valence-electron chi connectivity index (χ3n) is 3.54. The molecular weight excluding hydrogens is 370 g/mol. The molecule has 2 amide bonds. The van der Waals surface area contributed by atoms with Gasteiger partial charge in [0.1, 0.15) is 0 Å². The monoisotopic (exact) mass is 385 g/mol. The van der Waals surface area contributed by atoms with Gasteiger partial charge >= 0.3 is 0 Å². The zero-order valence-electron chi connectivity index (χ0n) is 14.4. The molecule has 1 aromatic carbocycles. The molecule has 0 aliphatic rings. The Bertz CT molecular complexity index is 959. The number of rotatable bonds is 6. The van der Waals surface area contributed by atoms with Gasteiger partial charge in [0.05, 0.1) is 10.7 Å². The van der Waals surface area contributed by atoms with Gasteiger partial charge < -0.3 is 15.2 Å². The largest absolute Gasteiger partial charge is 0.339 e. The summed E-state index contributed by atoms with van der Waals surface area (Å²) in [4.78, 5) is 31.4. The van der Waals surface area contributed by atoms with Crippen molar-refractivity contribution in [2.24, 2.45) is 0 Å². The van der Waals surface area contributed by atoms with E-state index in [-0.39, 0.29) is 18.2 Å². The van der Waals surface area contributed by atoms with Gasteiger partial charge in [-0.15, -0.1) is 0 Å². The normalized spacial score (nSPS) is 10.4. The molecule has 2 aromatic heterocycles. The van der Waals surface area contributed by atoms with Crippen LogP contribution in [0.1, 0.15) is 19.2 Å². The lowest BCUT2D eigenvalue weighted by Gasteiger charge is -2.08. The van der Waals surface area contributed by atoms with Gasteiger partial charge in [0.15, 0.2) is 0 Å². The number of hydrogen-bond donors (Lipinski definition) is 2. The lowest BCUT2D eigenvalue weighted by Crippen LogP contribution is -2.13. The first-order chi connectivity index (χ1) is 13.0. The maximum Gasteiger partial charge on any atom is 0.227 e. The molecule has 2 heterocycles. The smallest absolute Gasteiger partial charge is 0.227 e. The molecule has 0 spiro atoms. The number of hydrogen-bond acceptors (Lipinski definition) is 6. The average Bonchev–Trinajstić information content (AvgIpc) is 3.12. The molecule has 0 aliphatic carbocycles. The molecule has 0 fully saturated rings. The van der Waals surface area contributed by atoms with Crippen LogP contribution < -0.4 is 10.6 Å². The lowest BCUT2D eigenvalue weighted by atomic mass is 10.2. The number of halogens is 1. The number of aromatic nitrogens is 3. The Labute approximate surface area is 160 Å². The van der Waals surface area contributed by atoms with E-state index in [0.717, 1.165) is 5.56 Å². The standard InChI is InChI=1S/C18H16ClN5O3/c1-11(25)21-15-3-2-13(10-14(15)19)22-16(26)4-5-17-23-18(24-27-17)12-6-8-20-9-7-12/h2-3,6-10H,4-5H2,1H3,(H,21,25)(H,22,26). The highest BCUT2D eigenvalue weighted by Crippen LogP contribution is 2.25. The van der Waals surface area contributed by atoms with Crippen LogP contribution in [0.3, 0.4) is 0 Å². The van der Waals surface area contributed by atoms with Crippen LogP contribution in [0.4, 0.5) is 11.4 Å². The Morgan fingerprint density at radius 2 is 1.93 bits per heavy atom. The number of nitrogens with one attached hydrogen (secondary N) is 2. The molecule has 0 saturated carbocycles. The molecule has 9 heteroatoms. The minimum atomic E-state index is -0.223. The molecule has 27 heavy (non-hydrogen) atoms. The summed E-state index contributed by atoms with van der Waals surface area (Å²) in [6.45, 7) is 1.39. The van der Waals surface area contributed by atoms with Crippen molar-refractivity contribution in [1.29, 1.82) is 0 Å². The van der Waals surface area contributed by atoms with Crippen LogP contribution in [0.2, 0.25) is 5.02 Å². The van der Waals surface area contributed by atoms with Crippen LogP contribution in [-0.4, -0.2) is 26.9 Å². The SMILES string of the molecule is CC(=O)Nc1ccc(NC(=O)CCc2nc(-c3ccncc3)no2)cc1Cl. The Morgan fingerprint density at radius 3 is 2.63 bits per heavy atom. The Morgan fingerprint density at radius 1 is 1.15 bits per heavy atom. The molecule has 8 nitrogen and oxygen atoms in total. The van der Waals surface area contributed by atoms with Crippen molar-refractivity contribution >= 4 is 34.8 Å². The van der Waals surface area contributed by atoms with E-state index < -0.39 is 0 Å². The first-order valence-electron chi connectivity index (χ1n) is 8.11. The summed E-state index contributed by atoms with van der Waals surface area (Å²) in [5, 5.41) is 9.57. The van der Waals surface area contributed by atoms with Gasteiger partial charge in [0.25, 0.3) is 0 Å². The van der Waals surface area contributed by atoms with E-state index in [1.54, 1.807) is 42.7 Å². The van der Waals surface area contributed by atoms with Gasteiger partial charge in [0, 0.05) is 43.4 Å². The molecule has 0 aliphatic heterocycles. The second-order valence-electron chi connectivity index (χ2n) is 5.67. The quantitative estimate of drug-likeness (QED) is 0.673. The molecule has 0 saturated heterocycles. The summed E-state index contributed by atoms with van der Waals surface area (Å²) < 4.78 is 5.17. The van der Waals surface area contributed by atoms with Crippen LogP contribution in [0, 0.1) is 0 Å². The molecule has 0 bridgehead atoms. The van der Waals surface area contributed by atoms with Crippen molar-refractivity contribution in [2.75, 3.05) is 10.6 Å². The van der Waals surface area contributed by atoms with Crippen LogP contribution >= 0.6 is 11.6 Å². The molecule has 3 aromatic rings. The van der Waals surface area contributed by atoms with Gasteiger partial charge in [-0.25, -0.2) is 0 Å². The van der Waals surface area contributed by atoms with Crippen molar-refractivity contribution in [1.82, 2.24) is 15.1 Å². The number of benzene rings is 1. The molecule has 0 atom stereocenters. The average molecular weight is 386 g/mol. The Balaban J connectivity index is 1.55. The van der Waals surface area contributed by atoms with Gasteiger partial charge in [-0.05, 0) is 30.3 Å². The molecule has 3 rings (SSSR count). The van der Waals surface area contributed by atoms with Gasteiger partial charge in [0.2, 0.25) is 23.5 Å².